The number of benzene rings is 4. The molecular weight excluding hydrogens is 804 g/mol. The predicted molar refractivity (Wildman–Crippen MR) is 201 cm³/mol. The van der Waals surface area contributed by atoms with Crippen LogP contribution in [0, 0.1) is 0 Å². The average molecular weight is 838 g/mol. The zero-order valence-electron chi connectivity index (χ0n) is 29.8. The standard InChI is InChI=1S/2C13H10N2.2C7H5NO4.Cu.3H2O/c2*14-13-9-5-1-3-7-11(9)15-12-8-4-2-6-10(12)13;2*9-6(10)4-2-1-3-5(8-4)7(11)12;;;;/h2*1-8H,(H2,14,15);2*1-3H,(H,9,10)(H,11,12);;3*1H2/q;;;;+2;;;/p-2. The minimum atomic E-state index is -1.52. The number of nitrogens with two attached hydrogens (primary N) is 2. The zero-order chi connectivity index (χ0) is 38.8. The first kappa shape index (κ1) is 48.4. The van der Waals surface area contributed by atoms with Crippen molar-refractivity contribution in [1.29, 1.82) is 0 Å². The monoisotopic (exact) mass is 837 g/mol. The van der Waals surface area contributed by atoms with E-state index in [9.17, 15) is 39.6 Å². The van der Waals surface area contributed by atoms with Crippen LogP contribution in [0.2, 0.25) is 0 Å². The van der Waals surface area contributed by atoms with E-state index in [1.807, 2.05) is 97.1 Å². The largest absolute Gasteiger partial charge is 2.00 e. The van der Waals surface area contributed by atoms with Crippen LogP contribution in [0.4, 0.5) is 11.4 Å². The minimum absolute atomic E-state index is 0. The minimum Gasteiger partial charge on any atom is -0.543 e. The molecule has 0 bridgehead atoms. The van der Waals surface area contributed by atoms with Gasteiger partial charge in [0.25, 0.3) is 0 Å². The smallest absolute Gasteiger partial charge is 0.543 e. The molecule has 4 aromatic heterocycles. The second-order valence-corrected chi connectivity index (χ2v) is 11.2. The number of aromatic carboxylic acids is 4. The number of aromatic nitrogens is 4. The molecule has 0 atom stereocenters. The van der Waals surface area contributed by atoms with Crippen LogP contribution in [0.3, 0.4) is 0 Å². The number of carboxylic acids is 4. The normalized spacial score (nSPS) is 9.52. The van der Waals surface area contributed by atoms with Gasteiger partial charge in [0, 0.05) is 24.3 Å². The number of rotatable bonds is 4. The fraction of sp³-hybridized carbons (Fsp3) is 0. The molecule has 0 fully saturated rings. The molecule has 0 aliphatic carbocycles. The van der Waals surface area contributed by atoms with Crippen LogP contribution < -0.4 is 41.9 Å². The zero-order valence-corrected chi connectivity index (χ0v) is 30.8. The van der Waals surface area contributed by atoms with Gasteiger partial charge >= 0.3 is 17.1 Å². The summed E-state index contributed by atoms with van der Waals surface area (Å²) in [6, 6.07) is 39.4. The van der Waals surface area contributed by atoms with Crippen molar-refractivity contribution >= 4 is 78.9 Å². The molecule has 301 valence electrons. The Morgan fingerprint density at radius 3 is 0.793 bits per heavy atom. The van der Waals surface area contributed by atoms with Gasteiger partial charge in [-0.05, 0) is 48.5 Å². The van der Waals surface area contributed by atoms with Crippen LogP contribution in [0.5, 0.6) is 0 Å². The summed E-state index contributed by atoms with van der Waals surface area (Å²) < 4.78 is 0. The molecular formula is C40H34CuN6O11. The van der Waals surface area contributed by atoms with Gasteiger partial charge in [0.15, 0.2) is 0 Å². The third-order valence-electron chi connectivity index (χ3n) is 7.74. The van der Waals surface area contributed by atoms with Crippen LogP contribution >= 0.6 is 0 Å². The van der Waals surface area contributed by atoms with Crippen LogP contribution in [-0.2, 0) is 17.1 Å². The van der Waals surface area contributed by atoms with Crippen molar-refractivity contribution in [3.8, 4) is 0 Å². The van der Waals surface area contributed by atoms with Crippen LogP contribution in [-0.4, -0.2) is 50.3 Å². The van der Waals surface area contributed by atoms with E-state index in [-0.39, 0.29) is 33.5 Å². The number of carboxylic acid groups (broad SMARTS) is 4. The summed E-state index contributed by atoms with van der Waals surface area (Å²) in [5.74, 6) is -6.06. The fourth-order valence-corrected chi connectivity index (χ4v) is 5.21. The third kappa shape index (κ3) is 11.7. The second kappa shape index (κ2) is 22.1. The number of nitrogens with zero attached hydrogens (tertiary/aromatic N) is 2. The predicted octanol–water partition coefficient (Wildman–Crippen LogP) is -2.08. The molecule has 8 rings (SSSR count). The van der Waals surface area contributed by atoms with Gasteiger partial charge in [-0.2, -0.15) is 0 Å². The van der Waals surface area contributed by atoms with Crippen molar-refractivity contribution in [1.82, 2.24) is 9.97 Å². The fourth-order valence-electron chi connectivity index (χ4n) is 5.21. The van der Waals surface area contributed by atoms with E-state index >= 15 is 0 Å². The third-order valence-corrected chi connectivity index (χ3v) is 7.74. The summed E-state index contributed by atoms with van der Waals surface area (Å²) in [6.45, 7) is 0. The maximum absolute atomic E-state index is 10.2. The molecule has 4 aromatic carbocycles. The van der Waals surface area contributed by atoms with Crippen molar-refractivity contribution in [2.45, 2.75) is 0 Å². The summed E-state index contributed by atoms with van der Waals surface area (Å²) in [5, 5.41) is 45.1. The number of hydrogen-bond donors (Lipinski definition) is 2. The average Bonchev–Trinajstić information content (AvgIpc) is 3.19. The summed E-state index contributed by atoms with van der Waals surface area (Å²) in [4.78, 5) is 54.0. The van der Waals surface area contributed by atoms with Gasteiger partial charge in [0.2, 0.25) is 22.1 Å². The molecule has 0 saturated heterocycles. The summed E-state index contributed by atoms with van der Waals surface area (Å²) in [6.07, 6.45) is 0. The molecule has 0 aliphatic rings. The van der Waals surface area contributed by atoms with Gasteiger partial charge in [0.05, 0.1) is 79.6 Å². The van der Waals surface area contributed by atoms with E-state index < -0.39 is 46.7 Å². The van der Waals surface area contributed by atoms with Gasteiger partial charge in [-0.1, -0.05) is 60.7 Å². The molecule has 0 amide bonds. The van der Waals surface area contributed by atoms with Gasteiger partial charge in [0.1, 0.15) is 0 Å². The van der Waals surface area contributed by atoms with Crippen molar-refractivity contribution in [3.63, 3.8) is 0 Å². The Balaban J connectivity index is 0.000000381. The molecule has 18 heteroatoms. The number of nitrogen functional groups attached to an aromatic ring is 2. The Morgan fingerprint density at radius 2 is 0.586 bits per heavy atom. The Labute approximate surface area is 338 Å². The first-order chi connectivity index (χ1) is 25.9. The molecule has 17 nitrogen and oxygen atoms in total. The van der Waals surface area contributed by atoms with Crippen molar-refractivity contribution in [2.75, 3.05) is 11.5 Å². The number of nitrogens with one attached hydrogen (secondary N) is 2. The van der Waals surface area contributed by atoms with E-state index in [1.54, 1.807) is 0 Å². The molecule has 0 saturated carbocycles. The van der Waals surface area contributed by atoms with Gasteiger partial charge in [-0.25, -0.2) is 19.9 Å². The van der Waals surface area contributed by atoms with E-state index in [0.29, 0.717) is 0 Å². The molecule has 58 heavy (non-hydrogen) atoms. The maximum atomic E-state index is 10.2. The number of carbonyl (C=O) groups excluding carboxylic acids is 4. The van der Waals surface area contributed by atoms with E-state index in [0.717, 1.165) is 79.3 Å². The quantitative estimate of drug-likeness (QED) is 0.142. The molecule has 8 aromatic rings. The van der Waals surface area contributed by atoms with Crippen LogP contribution in [0.1, 0.15) is 42.0 Å². The van der Waals surface area contributed by atoms with Crippen molar-refractivity contribution < 1.29 is 83.1 Å². The molecule has 4 heterocycles. The number of pyridine rings is 4. The number of carbonyl (C=O) groups is 4. The number of anilines is 2. The second-order valence-electron chi connectivity index (χ2n) is 11.2. The Bertz CT molecular complexity index is 2350. The van der Waals surface area contributed by atoms with E-state index in [2.05, 4.69) is 19.9 Å². The summed E-state index contributed by atoms with van der Waals surface area (Å²) in [7, 11) is 0. The molecule has 0 aliphatic heterocycles. The molecule has 1 radical (unpaired) electrons. The molecule has 12 N–H and O–H groups in total. The Hall–Kier alpha value is -7.60. The van der Waals surface area contributed by atoms with Crippen molar-refractivity contribution in [3.05, 3.63) is 156 Å². The van der Waals surface area contributed by atoms with Crippen LogP contribution in [0.15, 0.2) is 133 Å². The number of fused-ring (bicyclic) bond motifs is 4. The Morgan fingerprint density at radius 1 is 0.379 bits per heavy atom. The van der Waals surface area contributed by atoms with E-state index in [1.165, 1.54) is 12.1 Å². The molecule has 0 spiro atoms. The first-order valence-corrected chi connectivity index (χ1v) is 15.9. The van der Waals surface area contributed by atoms with Crippen molar-refractivity contribution in [2.24, 2.45) is 0 Å². The topological polar surface area (TPSA) is 361 Å². The van der Waals surface area contributed by atoms with E-state index in [4.69, 9.17) is 11.5 Å². The SMILES string of the molecule is Nc1c2ccccc2[nH+]c2ccccc12.Nc1c2ccccc2[nH+]c2ccccc12.O.O.O.O=C([O-])c1cccc(C(=O)[O-])n1.O=C([O-])c1cccc(C(=O)[O-])n1.[Cu+2]. The van der Waals surface area contributed by atoms with Gasteiger partial charge < -0.3 is 67.5 Å². The Kier molecular flexibility index (Phi) is 18.4. The molecule has 0 unspecified atom stereocenters. The number of hydrogen-bond acceptors (Lipinski definition) is 12. The number of aromatic amines is 2. The first-order valence-electron chi connectivity index (χ1n) is 15.9. The number of para-hydroxylation sites is 4. The number of H-pyrrole nitrogens is 2. The summed E-state index contributed by atoms with van der Waals surface area (Å²) >= 11 is 0. The maximum Gasteiger partial charge on any atom is 2.00 e. The van der Waals surface area contributed by atoms with Crippen LogP contribution in [0.25, 0.3) is 43.6 Å². The summed E-state index contributed by atoms with van der Waals surface area (Å²) in [5.41, 5.74) is 16.6. The van der Waals surface area contributed by atoms with Gasteiger partial charge in [-0.3, -0.25) is 0 Å². The van der Waals surface area contributed by atoms with Gasteiger partial charge in [-0.15, -0.1) is 0 Å².